The first kappa shape index (κ1) is 29.8. The van der Waals surface area contributed by atoms with Crippen LogP contribution in [0, 0.1) is 0 Å². The third kappa shape index (κ3) is 5.32. The van der Waals surface area contributed by atoms with Crippen LogP contribution in [0.1, 0.15) is 72.4 Å². The highest BCUT2D eigenvalue weighted by atomic mass is 32.1. The molecule has 2 aromatic carbocycles. The molecule has 0 fully saturated rings. The van der Waals surface area contributed by atoms with Crippen molar-refractivity contribution in [3.05, 3.63) is 46.5 Å². The number of methoxy groups -OCH3 is 4. The van der Waals surface area contributed by atoms with E-state index in [4.69, 9.17) is 37.9 Å². The fourth-order valence-corrected chi connectivity index (χ4v) is 8.60. The molecular formula is C30H28O12S2. The normalized spacial score (nSPS) is 20.7. The van der Waals surface area contributed by atoms with E-state index in [1.807, 2.05) is 24.3 Å². The number of rotatable bonds is 4. The molecule has 2 heterocycles. The van der Waals surface area contributed by atoms with E-state index >= 15 is 0 Å². The number of fused-ring (bicyclic) bond motifs is 7. The van der Waals surface area contributed by atoms with Gasteiger partial charge in [-0.05, 0) is 49.9 Å². The summed E-state index contributed by atoms with van der Waals surface area (Å²) in [6.45, 7) is 0. The lowest BCUT2D eigenvalue weighted by Gasteiger charge is -2.30. The summed E-state index contributed by atoms with van der Waals surface area (Å²) in [7, 11) is 5.00. The zero-order chi connectivity index (χ0) is 31.1. The zero-order valence-electron chi connectivity index (χ0n) is 24.2. The van der Waals surface area contributed by atoms with Crippen LogP contribution in [0.25, 0.3) is 29.6 Å². The van der Waals surface area contributed by atoms with E-state index in [1.165, 1.54) is 28.4 Å². The van der Waals surface area contributed by atoms with Crippen molar-refractivity contribution < 1.29 is 57.1 Å². The molecule has 0 saturated carbocycles. The number of carbonyl (C=O) groups excluding carboxylic acids is 4. The minimum Gasteiger partial charge on any atom is -0.438 e. The second-order valence-electron chi connectivity index (χ2n) is 10.2. The maximum absolute atomic E-state index is 12.1. The van der Waals surface area contributed by atoms with E-state index in [0.29, 0.717) is 25.7 Å². The van der Waals surface area contributed by atoms with Crippen molar-refractivity contribution in [2.45, 2.75) is 50.1 Å². The minimum absolute atomic E-state index is 0.421. The number of hydrogen-bond acceptors (Lipinski definition) is 14. The summed E-state index contributed by atoms with van der Waals surface area (Å²) in [5, 5.41) is 1.90. The van der Waals surface area contributed by atoms with Crippen molar-refractivity contribution in [3.8, 4) is 0 Å². The molecule has 0 amide bonds. The van der Waals surface area contributed by atoms with Crippen LogP contribution in [0.3, 0.4) is 0 Å². The Hall–Kier alpha value is -4.30. The predicted octanol–water partition coefficient (Wildman–Crippen LogP) is 8.15. The summed E-state index contributed by atoms with van der Waals surface area (Å²) in [4.78, 5) is 48.2. The lowest BCUT2D eigenvalue weighted by Crippen LogP contribution is -2.22. The zero-order valence-corrected chi connectivity index (χ0v) is 25.8. The van der Waals surface area contributed by atoms with Gasteiger partial charge < -0.3 is 37.9 Å². The number of carbonyl (C=O) groups is 4. The molecule has 2 aromatic heterocycles. The van der Waals surface area contributed by atoms with E-state index in [9.17, 15) is 19.2 Å². The minimum atomic E-state index is -0.802. The summed E-state index contributed by atoms with van der Waals surface area (Å²) in [6, 6.07) is 7.89. The van der Waals surface area contributed by atoms with Crippen LogP contribution in [0.5, 0.6) is 0 Å². The van der Waals surface area contributed by atoms with E-state index in [0.717, 1.165) is 51.8 Å². The second-order valence-corrected chi connectivity index (χ2v) is 12.3. The third-order valence-electron chi connectivity index (χ3n) is 7.88. The largest absolute Gasteiger partial charge is 0.508 e. The van der Waals surface area contributed by atoms with E-state index in [1.54, 1.807) is 22.7 Å². The van der Waals surface area contributed by atoms with Gasteiger partial charge in [0, 0.05) is 42.4 Å². The lowest BCUT2D eigenvalue weighted by atomic mass is 9.86. The van der Waals surface area contributed by atoms with E-state index in [-0.39, 0.29) is 0 Å². The van der Waals surface area contributed by atoms with Crippen LogP contribution >= 0.6 is 22.7 Å². The Balaban J connectivity index is 1.50. The molecule has 232 valence electrons. The van der Waals surface area contributed by atoms with Gasteiger partial charge in [-0.2, -0.15) is 0 Å². The van der Waals surface area contributed by atoms with Crippen molar-refractivity contribution in [3.63, 3.8) is 0 Å². The summed E-state index contributed by atoms with van der Waals surface area (Å²) < 4.78 is 45.2. The van der Waals surface area contributed by atoms with Crippen LogP contribution < -0.4 is 0 Å². The van der Waals surface area contributed by atoms with Gasteiger partial charge in [0.2, 0.25) is 0 Å². The lowest BCUT2D eigenvalue weighted by molar-refractivity contribution is -0.000616. The van der Waals surface area contributed by atoms with Gasteiger partial charge in [0.1, 0.15) is 24.4 Å². The van der Waals surface area contributed by atoms with E-state index in [2.05, 4.69) is 0 Å². The van der Waals surface area contributed by atoms with Crippen LogP contribution in [0.4, 0.5) is 19.2 Å². The maximum Gasteiger partial charge on any atom is 0.508 e. The van der Waals surface area contributed by atoms with Crippen LogP contribution in [-0.2, 0) is 37.9 Å². The molecule has 14 heteroatoms. The molecule has 0 radical (unpaired) electrons. The molecule has 44 heavy (non-hydrogen) atoms. The Morgan fingerprint density at radius 2 is 0.773 bits per heavy atom. The van der Waals surface area contributed by atoms with Crippen LogP contribution in [-0.4, -0.2) is 53.1 Å². The molecule has 2 aliphatic rings. The molecule has 0 aliphatic heterocycles. The smallest absolute Gasteiger partial charge is 0.438 e. The molecule has 0 N–H and O–H groups in total. The first-order valence-corrected chi connectivity index (χ1v) is 15.3. The Morgan fingerprint density at radius 1 is 0.500 bits per heavy atom. The van der Waals surface area contributed by atoms with Crippen molar-refractivity contribution in [1.82, 2.24) is 0 Å². The molecule has 2 aliphatic carbocycles. The highest BCUT2D eigenvalue weighted by molar-refractivity contribution is 7.36. The van der Waals surface area contributed by atoms with Crippen LogP contribution in [0.2, 0.25) is 0 Å². The van der Waals surface area contributed by atoms with Gasteiger partial charge in [0.25, 0.3) is 0 Å². The Morgan fingerprint density at radius 3 is 1.05 bits per heavy atom. The molecule has 0 saturated heterocycles. The van der Waals surface area contributed by atoms with Gasteiger partial charge in [-0.25, -0.2) is 19.2 Å². The monoisotopic (exact) mass is 644 g/mol. The summed E-state index contributed by atoms with van der Waals surface area (Å²) in [5.74, 6) is 0. The highest BCUT2D eigenvalue weighted by Gasteiger charge is 2.35. The van der Waals surface area contributed by atoms with Crippen molar-refractivity contribution in [2.75, 3.05) is 28.4 Å². The fraction of sp³-hybridized carbons (Fsp3) is 0.400. The van der Waals surface area contributed by atoms with E-state index < -0.39 is 49.0 Å². The Kier molecular flexibility index (Phi) is 8.12. The average Bonchev–Trinajstić information content (AvgIpc) is 3.56. The third-order valence-corrected chi connectivity index (χ3v) is 10.4. The quantitative estimate of drug-likeness (QED) is 0.156. The standard InChI is InChI=1S/C30H28O12S2/c1-35-27(31)39-19-5-7-21(41-29(33)37-3)15-11-23-17(9-13(15)19)25-26(43-23)18-10-14-16(12-24(18)44-25)22(42-30(34)38-4)8-6-20(14)40-28(32)36-2/h9-12,19-22H,5-8H2,1-4H3. The molecule has 6 rings (SSSR count). The fourth-order valence-electron chi connectivity index (χ4n) is 5.91. The summed E-state index contributed by atoms with van der Waals surface area (Å²) >= 11 is 3.14. The Labute approximate surface area is 258 Å². The van der Waals surface area contributed by atoms with Gasteiger partial charge in [-0.15, -0.1) is 22.7 Å². The van der Waals surface area contributed by atoms with Gasteiger partial charge in [-0.3, -0.25) is 0 Å². The number of ether oxygens (including phenoxy) is 8. The predicted molar refractivity (Wildman–Crippen MR) is 158 cm³/mol. The molecule has 4 atom stereocenters. The van der Waals surface area contributed by atoms with Gasteiger partial charge in [-0.1, -0.05) is 0 Å². The topological polar surface area (TPSA) is 142 Å². The maximum atomic E-state index is 12.1. The van der Waals surface area contributed by atoms with Gasteiger partial charge in [0.15, 0.2) is 0 Å². The van der Waals surface area contributed by atoms with Gasteiger partial charge in [0.05, 0.1) is 37.8 Å². The van der Waals surface area contributed by atoms with Crippen molar-refractivity contribution >= 4 is 76.9 Å². The first-order chi connectivity index (χ1) is 21.2. The highest BCUT2D eigenvalue weighted by Crippen LogP contribution is 2.51. The number of benzene rings is 2. The summed E-state index contributed by atoms with van der Waals surface area (Å²) in [5.41, 5.74) is 2.90. The molecular weight excluding hydrogens is 616 g/mol. The van der Waals surface area contributed by atoms with Crippen molar-refractivity contribution in [2.24, 2.45) is 0 Å². The van der Waals surface area contributed by atoms with Crippen LogP contribution in [0.15, 0.2) is 24.3 Å². The SMILES string of the molecule is COC(=O)OC1CCC(OC(=O)OC)c2cc3c(cc21)sc1c2cc4c(cc2sc31)C(OC(=O)OC)CCC4OC(=O)OC. The first-order valence-electron chi connectivity index (χ1n) is 13.7. The molecule has 0 bridgehead atoms. The van der Waals surface area contributed by atoms with Crippen molar-refractivity contribution in [1.29, 1.82) is 0 Å². The molecule has 0 spiro atoms. The molecule has 4 aromatic rings. The summed E-state index contributed by atoms with van der Waals surface area (Å²) in [6.07, 6.45) is -3.84. The second kappa shape index (κ2) is 12.0. The number of thiophene rings is 2. The molecule has 4 unspecified atom stereocenters. The number of hydrogen-bond donors (Lipinski definition) is 0. The molecule has 12 nitrogen and oxygen atoms in total. The Bertz CT molecular complexity index is 1660. The van der Waals surface area contributed by atoms with Gasteiger partial charge >= 0.3 is 24.6 Å². The average molecular weight is 645 g/mol.